The molecular weight excluding hydrogens is 436 g/mol. The summed E-state index contributed by atoms with van der Waals surface area (Å²) in [6.45, 7) is 4.10. The van der Waals surface area contributed by atoms with Crippen LogP contribution in [0.15, 0.2) is 59.3 Å². The van der Waals surface area contributed by atoms with E-state index < -0.39 is 23.8 Å². The largest absolute Gasteiger partial charge is 0.462 e. The van der Waals surface area contributed by atoms with Gasteiger partial charge in [0.1, 0.15) is 10.7 Å². The third kappa shape index (κ3) is 4.81. The smallest absolute Gasteiger partial charge is 0.338 e. The third-order valence-electron chi connectivity index (χ3n) is 4.47. The van der Waals surface area contributed by atoms with E-state index >= 15 is 0 Å². The van der Waals surface area contributed by atoms with Gasteiger partial charge in [-0.2, -0.15) is 0 Å². The maximum atomic E-state index is 13.0. The van der Waals surface area contributed by atoms with Crippen LogP contribution in [0.25, 0.3) is 0 Å². The lowest BCUT2D eigenvalue weighted by atomic mass is 10.2. The van der Waals surface area contributed by atoms with E-state index in [9.17, 15) is 19.2 Å². The van der Waals surface area contributed by atoms with Crippen molar-refractivity contribution in [1.82, 2.24) is 0 Å². The third-order valence-corrected chi connectivity index (χ3v) is 4.82. The number of nitrogens with zero attached hydrogens (tertiary/aromatic N) is 1. The molecular formula is C23H21ClN2O6. The zero-order chi connectivity index (χ0) is 23.3. The van der Waals surface area contributed by atoms with Crippen molar-refractivity contribution < 1.29 is 28.7 Å². The summed E-state index contributed by atoms with van der Waals surface area (Å²) in [5, 5.41) is 2.54. The Morgan fingerprint density at radius 2 is 1.62 bits per heavy atom. The Labute approximate surface area is 189 Å². The summed E-state index contributed by atoms with van der Waals surface area (Å²) >= 11 is 6.15. The van der Waals surface area contributed by atoms with Crippen LogP contribution in [0.5, 0.6) is 0 Å². The number of amides is 2. The van der Waals surface area contributed by atoms with E-state index in [0.717, 1.165) is 4.90 Å². The molecule has 9 heteroatoms. The van der Waals surface area contributed by atoms with Gasteiger partial charge >= 0.3 is 11.9 Å². The minimum absolute atomic E-state index is 0.112. The van der Waals surface area contributed by atoms with E-state index in [0.29, 0.717) is 17.7 Å². The Bertz CT molecular complexity index is 1090. The summed E-state index contributed by atoms with van der Waals surface area (Å²) in [5.41, 5.74) is 1.09. The molecule has 1 N–H and O–H groups in total. The van der Waals surface area contributed by atoms with E-state index in [4.69, 9.17) is 21.1 Å². The Morgan fingerprint density at radius 1 is 0.938 bits per heavy atom. The summed E-state index contributed by atoms with van der Waals surface area (Å²) in [4.78, 5) is 50.4. The zero-order valence-corrected chi connectivity index (χ0v) is 18.3. The van der Waals surface area contributed by atoms with Crippen LogP contribution in [-0.2, 0) is 19.1 Å². The molecule has 0 saturated carbocycles. The number of hydrogen-bond donors (Lipinski definition) is 1. The van der Waals surface area contributed by atoms with Crippen molar-refractivity contribution in [3.05, 3.63) is 70.4 Å². The molecule has 0 bridgehead atoms. The maximum Gasteiger partial charge on any atom is 0.338 e. The summed E-state index contributed by atoms with van der Waals surface area (Å²) in [5.74, 6) is -2.41. The maximum absolute atomic E-state index is 13.0. The molecule has 0 saturated heterocycles. The molecule has 0 aliphatic carbocycles. The summed E-state index contributed by atoms with van der Waals surface area (Å²) < 4.78 is 10.0. The molecule has 1 aliphatic heterocycles. The van der Waals surface area contributed by atoms with Crippen molar-refractivity contribution in [1.29, 1.82) is 0 Å². The average molecular weight is 457 g/mol. The summed E-state index contributed by atoms with van der Waals surface area (Å²) in [7, 11) is 0. The van der Waals surface area contributed by atoms with Gasteiger partial charge < -0.3 is 14.8 Å². The van der Waals surface area contributed by atoms with Gasteiger partial charge in [0.2, 0.25) is 0 Å². The van der Waals surface area contributed by atoms with Crippen molar-refractivity contribution in [2.45, 2.75) is 20.3 Å². The molecule has 2 aromatic carbocycles. The SMILES string of the molecule is CCCOC(=O)c1cccc(N2C(=O)C(Cl)=C(Nc3ccc(C(=O)OCC)cc3)C2=O)c1. The molecule has 3 rings (SSSR count). The topological polar surface area (TPSA) is 102 Å². The number of ether oxygens (including phenoxy) is 2. The molecule has 0 fully saturated rings. The van der Waals surface area contributed by atoms with Gasteiger partial charge in [-0.1, -0.05) is 24.6 Å². The standard InChI is InChI=1S/C23H21ClN2O6/c1-3-12-32-23(30)15-6-5-7-17(13-15)26-20(27)18(24)19(21(26)28)25-16-10-8-14(9-11-16)22(29)31-4-2/h5-11,13,25H,3-4,12H2,1-2H3. The molecule has 2 aromatic rings. The van der Waals surface area contributed by atoms with Gasteiger partial charge in [0, 0.05) is 5.69 Å². The predicted octanol–water partition coefficient (Wildman–Crippen LogP) is 3.87. The highest BCUT2D eigenvalue weighted by molar-refractivity contribution is 6.53. The van der Waals surface area contributed by atoms with Crippen molar-refractivity contribution in [2.75, 3.05) is 23.4 Å². The Hall–Kier alpha value is -3.65. The lowest BCUT2D eigenvalue weighted by Crippen LogP contribution is -2.32. The molecule has 1 heterocycles. The van der Waals surface area contributed by atoms with Crippen LogP contribution >= 0.6 is 11.6 Å². The quantitative estimate of drug-likeness (QED) is 0.475. The Kier molecular flexibility index (Phi) is 7.27. The van der Waals surface area contributed by atoms with Crippen LogP contribution in [0.1, 0.15) is 41.0 Å². The zero-order valence-electron chi connectivity index (χ0n) is 17.5. The van der Waals surface area contributed by atoms with E-state index in [1.54, 1.807) is 25.1 Å². The van der Waals surface area contributed by atoms with Crippen LogP contribution in [-0.4, -0.2) is 37.0 Å². The first-order valence-corrected chi connectivity index (χ1v) is 10.3. The Balaban J connectivity index is 1.79. The first kappa shape index (κ1) is 23.0. The first-order valence-electron chi connectivity index (χ1n) is 9.97. The monoisotopic (exact) mass is 456 g/mol. The number of esters is 2. The Morgan fingerprint density at radius 3 is 2.28 bits per heavy atom. The van der Waals surface area contributed by atoms with Crippen molar-refractivity contribution in [2.24, 2.45) is 0 Å². The second-order valence-electron chi connectivity index (χ2n) is 6.74. The van der Waals surface area contributed by atoms with Crippen molar-refractivity contribution in [3.8, 4) is 0 Å². The van der Waals surface area contributed by atoms with E-state index in [2.05, 4.69) is 5.32 Å². The van der Waals surface area contributed by atoms with Gasteiger partial charge in [-0.15, -0.1) is 0 Å². The summed E-state index contributed by atoms with van der Waals surface area (Å²) in [6.07, 6.45) is 0.670. The lowest BCUT2D eigenvalue weighted by Gasteiger charge is -2.16. The lowest BCUT2D eigenvalue weighted by molar-refractivity contribution is -0.120. The van der Waals surface area contributed by atoms with Gasteiger partial charge in [-0.3, -0.25) is 9.59 Å². The molecule has 0 radical (unpaired) electrons. The highest BCUT2D eigenvalue weighted by atomic mass is 35.5. The van der Waals surface area contributed by atoms with Crippen molar-refractivity contribution >= 4 is 46.7 Å². The fraction of sp³-hybridized carbons (Fsp3) is 0.217. The molecule has 8 nitrogen and oxygen atoms in total. The second kappa shape index (κ2) is 10.1. The fourth-order valence-corrected chi connectivity index (χ4v) is 3.16. The number of nitrogens with one attached hydrogen (secondary N) is 1. The van der Waals surface area contributed by atoms with Crippen LogP contribution in [0.3, 0.4) is 0 Å². The molecule has 166 valence electrons. The number of carbonyl (C=O) groups excluding carboxylic acids is 4. The number of halogens is 1. The van der Waals surface area contributed by atoms with Crippen LogP contribution in [0, 0.1) is 0 Å². The average Bonchev–Trinajstić information content (AvgIpc) is 3.01. The fourth-order valence-electron chi connectivity index (χ4n) is 2.94. The number of rotatable bonds is 8. The van der Waals surface area contributed by atoms with Crippen LogP contribution in [0.4, 0.5) is 11.4 Å². The second-order valence-corrected chi connectivity index (χ2v) is 7.12. The highest BCUT2D eigenvalue weighted by Crippen LogP contribution is 2.30. The van der Waals surface area contributed by atoms with E-state index in [-0.39, 0.29) is 35.2 Å². The van der Waals surface area contributed by atoms with Gasteiger partial charge in [0.05, 0.1) is 30.0 Å². The van der Waals surface area contributed by atoms with Gasteiger partial charge in [0.15, 0.2) is 0 Å². The van der Waals surface area contributed by atoms with Crippen LogP contribution in [0.2, 0.25) is 0 Å². The van der Waals surface area contributed by atoms with Crippen molar-refractivity contribution in [3.63, 3.8) is 0 Å². The number of imide groups is 1. The minimum Gasteiger partial charge on any atom is -0.462 e. The van der Waals surface area contributed by atoms with Gasteiger partial charge in [0.25, 0.3) is 11.8 Å². The molecule has 0 unspecified atom stereocenters. The molecule has 2 amide bonds. The van der Waals surface area contributed by atoms with E-state index in [1.165, 1.54) is 30.3 Å². The molecule has 32 heavy (non-hydrogen) atoms. The minimum atomic E-state index is -0.721. The number of anilines is 2. The number of carbonyl (C=O) groups is 4. The molecule has 0 spiro atoms. The van der Waals surface area contributed by atoms with E-state index in [1.807, 2.05) is 6.92 Å². The summed E-state index contributed by atoms with van der Waals surface area (Å²) in [6, 6.07) is 12.2. The molecule has 1 aliphatic rings. The number of hydrogen-bond acceptors (Lipinski definition) is 7. The van der Waals surface area contributed by atoms with Crippen LogP contribution < -0.4 is 10.2 Å². The predicted molar refractivity (Wildman–Crippen MR) is 118 cm³/mol. The van der Waals surface area contributed by atoms with Gasteiger partial charge in [-0.05, 0) is 55.8 Å². The highest BCUT2D eigenvalue weighted by Gasteiger charge is 2.39. The normalized spacial score (nSPS) is 13.4. The number of benzene rings is 2. The first-order chi connectivity index (χ1) is 15.4. The molecule has 0 atom stereocenters. The molecule has 0 aromatic heterocycles. The van der Waals surface area contributed by atoms with Gasteiger partial charge in [-0.25, -0.2) is 14.5 Å².